The van der Waals surface area contributed by atoms with Crippen LogP contribution < -0.4 is 16.0 Å². The fourth-order valence-electron chi connectivity index (χ4n) is 3.76. The number of nitrogens with zero attached hydrogens (tertiary/aromatic N) is 3. The second-order valence-corrected chi connectivity index (χ2v) is 7.27. The van der Waals surface area contributed by atoms with Crippen LogP contribution in [0, 0.1) is 5.82 Å². The van der Waals surface area contributed by atoms with Gasteiger partial charge in [0, 0.05) is 19.5 Å². The summed E-state index contributed by atoms with van der Waals surface area (Å²) in [5, 5.41) is 20.9. The fraction of sp³-hybridized carbons (Fsp3) is 0.368. The molecule has 2 aromatic rings. The van der Waals surface area contributed by atoms with Crippen LogP contribution in [0.1, 0.15) is 40.4 Å². The molecule has 2 atom stereocenters. The summed E-state index contributed by atoms with van der Waals surface area (Å²) in [6.07, 6.45) is -4.47. The Kier molecular flexibility index (Phi) is 6.21. The van der Waals surface area contributed by atoms with Gasteiger partial charge in [0.15, 0.2) is 11.5 Å². The number of carboxylic acids is 1. The highest BCUT2D eigenvalue weighted by Crippen LogP contribution is 2.38. The van der Waals surface area contributed by atoms with Gasteiger partial charge in [0.05, 0.1) is 13.1 Å². The van der Waals surface area contributed by atoms with E-state index in [9.17, 15) is 32.3 Å². The number of carbonyl (C=O) groups excluding carboxylic acids is 2. The summed E-state index contributed by atoms with van der Waals surface area (Å²) in [6, 6.07) is 5.89. The molecule has 0 aliphatic carbocycles. The molecule has 2 aliphatic heterocycles. The molecule has 9 nitrogen and oxygen atoms in total. The number of alkyl halides is 3. The first-order valence-corrected chi connectivity index (χ1v) is 9.40. The molecule has 3 heterocycles. The van der Waals surface area contributed by atoms with Crippen molar-refractivity contribution in [1.82, 2.24) is 14.5 Å². The molecule has 1 aromatic heterocycles. The first-order valence-electron chi connectivity index (χ1n) is 9.40. The largest absolute Gasteiger partial charge is 0.542 e. The summed E-state index contributed by atoms with van der Waals surface area (Å²) in [7, 11) is 1.89. The van der Waals surface area contributed by atoms with Crippen LogP contribution in [0.3, 0.4) is 0 Å². The van der Waals surface area contributed by atoms with Crippen LogP contribution in [0.2, 0.25) is 0 Å². The molecule has 172 valence electrons. The molecule has 0 radical (unpaired) electrons. The molecule has 32 heavy (non-hydrogen) atoms. The van der Waals surface area contributed by atoms with Gasteiger partial charge in [0.1, 0.15) is 17.8 Å². The van der Waals surface area contributed by atoms with E-state index in [0.29, 0.717) is 18.9 Å². The zero-order chi connectivity index (χ0) is 23.8. The van der Waals surface area contributed by atoms with Gasteiger partial charge in [0.25, 0.3) is 5.91 Å². The number of halogens is 4. The molecule has 2 aliphatic rings. The van der Waals surface area contributed by atoms with Crippen molar-refractivity contribution < 1.29 is 42.7 Å². The van der Waals surface area contributed by atoms with Gasteiger partial charge in [-0.2, -0.15) is 18.2 Å². The van der Waals surface area contributed by atoms with Crippen LogP contribution >= 0.6 is 0 Å². The van der Waals surface area contributed by atoms with E-state index >= 15 is 0 Å². The number of carbonyl (C=O) groups is 2. The average Bonchev–Trinajstić information content (AvgIpc) is 3.06. The number of carboxylic acid groups (broad SMARTS) is 1. The molecule has 0 bridgehead atoms. The Hall–Kier alpha value is -3.48. The Morgan fingerprint density at radius 2 is 1.88 bits per heavy atom. The first-order chi connectivity index (χ1) is 14.9. The highest BCUT2D eigenvalue weighted by Gasteiger charge is 2.44. The number of quaternary nitrogens is 1. The van der Waals surface area contributed by atoms with Crippen LogP contribution in [-0.2, 0) is 11.3 Å². The van der Waals surface area contributed by atoms with Gasteiger partial charge in [0.2, 0.25) is 5.75 Å². The van der Waals surface area contributed by atoms with Crippen LogP contribution in [0.15, 0.2) is 29.1 Å². The van der Waals surface area contributed by atoms with Crippen molar-refractivity contribution >= 4 is 11.9 Å². The molecule has 13 heteroatoms. The van der Waals surface area contributed by atoms with Gasteiger partial charge in [-0.15, -0.1) is 0 Å². The number of aliphatic carboxylic acids is 1. The van der Waals surface area contributed by atoms with Crippen molar-refractivity contribution in [2.24, 2.45) is 0 Å². The number of benzene rings is 1. The summed E-state index contributed by atoms with van der Waals surface area (Å²) in [5.41, 5.74) is 0.0272. The summed E-state index contributed by atoms with van der Waals surface area (Å²) in [4.78, 5) is 39.2. The number of aromatic hydroxyl groups is 1. The van der Waals surface area contributed by atoms with Gasteiger partial charge in [-0.05, 0) is 17.7 Å². The highest BCUT2D eigenvalue weighted by molar-refractivity contribution is 5.96. The van der Waals surface area contributed by atoms with Crippen molar-refractivity contribution in [3.05, 3.63) is 57.5 Å². The summed E-state index contributed by atoms with van der Waals surface area (Å²) >= 11 is 0. The van der Waals surface area contributed by atoms with Crippen molar-refractivity contribution in [3.63, 3.8) is 0 Å². The average molecular weight is 458 g/mol. The Morgan fingerprint density at radius 1 is 1.28 bits per heavy atom. The lowest BCUT2D eigenvalue weighted by Gasteiger charge is -2.33. The zero-order valence-electron chi connectivity index (χ0n) is 16.6. The third-order valence-corrected chi connectivity index (χ3v) is 5.19. The van der Waals surface area contributed by atoms with Crippen LogP contribution in [-0.4, -0.2) is 51.2 Å². The van der Waals surface area contributed by atoms with Gasteiger partial charge < -0.3 is 29.8 Å². The van der Waals surface area contributed by atoms with Crippen LogP contribution in [0.5, 0.6) is 5.75 Å². The second-order valence-electron chi connectivity index (χ2n) is 7.27. The first kappa shape index (κ1) is 23.2. The third-order valence-electron chi connectivity index (χ3n) is 5.19. The number of amides is 1. The molecule has 0 saturated heterocycles. The Morgan fingerprint density at radius 3 is 2.41 bits per heavy atom. The minimum absolute atomic E-state index is 0.0118. The van der Waals surface area contributed by atoms with Gasteiger partial charge >= 0.3 is 11.7 Å². The summed E-state index contributed by atoms with van der Waals surface area (Å²) < 4.78 is 46.3. The molecule has 0 spiro atoms. The molecule has 0 unspecified atom stereocenters. The lowest BCUT2D eigenvalue weighted by molar-refractivity contribution is -0.670. The van der Waals surface area contributed by atoms with E-state index in [4.69, 9.17) is 9.90 Å². The molecule has 0 fully saturated rings. The lowest BCUT2D eigenvalue weighted by atomic mass is 10.1. The van der Waals surface area contributed by atoms with E-state index in [2.05, 4.69) is 4.98 Å². The highest BCUT2D eigenvalue weighted by atomic mass is 19.4. The molecule has 4 rings (SSSR count). The maximum Gasteiger partial charge on any atom is 0.430 e. The van der Waals surface area contributed by atoms with Crippen molar-refractivity contribution in [2.45, 2.75) is 31.2 Å². The monoisotopic (exact) mass is 458 g/mol. The van der Waals surface area contributed by atoms with E-state index in [0.717, 1.165) is 12.0 Å². The van der Waals surface area contributed by atoms with Gasteiger partial charge in [-0.25, -0.2) is 4.39 Å². The zero-order valence-corrected chi connectivity index (χ0v) is 16.6. The lowest BCUT2D eigenvalue weighted by Crippen LogP contribution is -2.80. The molecular weight excluding hydrogens is 440 g/mol. The van der Waals surface area contributed by atoms with E-state index < -0.39 is 29.4 Å². The smallest absolute Gasteiger partial charge is 0.430 e. The normalized spacial score (nSPS) is 19.3. The fourth-order valence-corrected chi connectivity index (χ4v) is 3.76. The molecular formula is C19H18F4N4O5. The number of hydrogen-bond donors (Lipinski definition) is 2. The standard InChI is InChI=1S/C17H17FN4O3.C2HF3O2/c1-19-12-6-11-8-21(7-9-2-4-10(18)5-3-9)17(25)13-14(23)16(24)20-15(12)22(11)13;3-2(4,5)1(6)7/h2-5,11-12,19,23H,6-8H2,1H3;(H,6,7)/t11-,12+;/m0./s1. The topological polar surface area (TPSA) is 132 Å². The Balaban J connectivity index is 0.000000360. The molecule has 1 amide bonds. The van der Waals surface area contributed by atoms with Crippen LogP contribution in [0.4, 0.5) is 17.6 Å². The van der Waals surface area contributed by atoms with Crippen LogP contribution in [0.25, 0.3) is 0 Å². The molecule has 0 saturated carbocycles. The SMILES string of the molecule is C[NH2+][C@@H]1C[C@H]2CN(Cc3ccc(F)cc3)C(=O)c3c(O)c(=O)nc1n32.O=C([O-])C(F)(F)F. The maximum absolute atomic E-state index is 13.1. The Labute approximate surface area is 177 Å². The van der Waals surface area contributed by atoms with Crippen molar-refractivity contribution in [3.8, 4) is 5.75 Å². The number of rotatable bonds is 3. The summed E-state index contributed by atoms with van der Waals surface area (Å²) in [6.45, 7) is 0.756. The van der Waals surface area contributed by atoms with Gasteiger partial charge in [-0.1, -0.05) is 12.1 Å². The third kappa shape index (κ3) is 4.42. The van der Waals surface area contributed by atoms with Crippen molar-refractivity contribution in [2.75, 3.05) is 13.6 Å². The minimum Gasteiger partial charge on any atom is -0.542 e. The second kappa shape index (κ2) is 8.57. The van der Waals surface area contributed by atoms with Gasteiger partial charge in [-0.3, -0.25) is 9.59 Å². The van der Waals surface area contributed by atoms with E-state index in [-0.39, 0.29) is 23.6 Å². The number of hydrogen-bond acceptors (Lipinski definition) is 6. The summed E-state index contributed by atoms with van der Waals surface area (Å²) in [5.74, 6) is -3.81. The molecule has 1 aromatic carbocycles. The number of aromatic nitrogens is 2. The van der Waals surface area contributed by atoms with E-state index in [1.165, 1.54) is 12.1 Å². The van der Waals surface area contributed by atoms with Crippen molar-refractivity contribution in [1.29, 1.82) is 0 Å². The minimum atomic E-state index is -5.19. The molecule has 3 N–H and O–H groups in total. The number of nitrogens with two attached hydrogens (primary N) is 1. The van der Waals surface area contributed by atoms with E-state index in [1.54, 1.807) is 21.6 Å². The quantitative estimate of drug-likeness (QED) is 0.581. The predicted molar refractivity (Wildman–Crippen MR) is 96.6 cm³/mol. The Bertz CT molecular complexity index is 1100. The van der Waals surface area contributed by atoms with E-state index in [1.807, 2.05) is 12.4 Å². The maximum atomic E-state index is 13.1. The predicted octanol–water partition coefficient (Wildman–Crippen LogP) is -0.778.